The molecule has 17 heavy (non-hydrogen) atoms. The van der Waals surface area contributed by atoms with E-state index in [9.17, 15) is 4.79 Å². The second-order valence-corrected chi connectivity index (χ2v) is 6.04. The van der Waals surface area contributed by atoms with Crippen LogP contribution in [0.5, 0.6) is 0 Å². The van der Waals surface area contributed by atoms with E-state index in [0.717, 1.165) is 10.2 Å². The molecule has 0 bridgehead atoms. The largest absolute Gasteiger partial charge is 0.409 e. The lowest BCUT2D eigenvalue weighted by molar-refractivity contribution is -0.122. The van der Waals surface area contributed by atoms with Gasteiger partial charge in [-0.1, -0.05) is 5.16 Å². The summed E-state index contributed by atoms with van der Waals surface area (Å²) in [5.74, 6) is -0.938. The van der Waals surface area contributed by atoms with Gasteiger partial charge in [0.15, 0.2) is 5.84 Å². The Balaban J connectivity index is 2.34. The van der Waals surface area contributed by atoms with Crippen LogP contribution in [0, 0.1) is 5.92 Å². The fourth-order valence-corrected chi connectivity index (χ4v) is 2.65. The zero-order valence-corrected chi connectivity index (χ0v) is 11.7. The number of hydrogen-bond acceptors (Lipinski definition) is 4. The average Bonchev–Trinajstić information content (AvgIpc) is 2.72. The molecule has 0 radical (unpaired) electrons. The number of amides is 1. The molecule has 0 spiro atoms. The third-order valence-corrected chi connectivity index (χ3v) is 3.94. The molecule has 1 unspecified atom stereocenters. The quantitative estimate of drug-likeness (QED) is 0.333. The minimum Gasteiger partial charge on any atom is -0.409 e. The molecular formula is C10H14BrN3O2S. The predicted molar refractivity (Wildman–Crippen MR) is 71.3 cm³/mol. The van der Waals surface area contributed by atoms with Gasteiger partial charge in [0, 0.05) is 11.4 Å². The molecule has 1 amide bonds. The van der Waals surface area contributed by atoms with Gasteiger partial charge in [0.2, 0.25) is 5.91 Å². The van der Waals surface area contributed by atoms with Crippen molar-refractivity contribution in [2.24, 2.45) is 16.8 Å². The van der Waals surface area contributed by atoms with Crippen LogP contribution in [0.25, 0.3) is 0 Å². The number of carbonyl (C=O) groups excluding carboxylic acids is 1. The van der Waals surface area contributed by atoms with Crippen LogP contribution in [0.15, 0.2) is 21.1 Å². The van der Waals surface area contributed by atoms with E-state index < -0.39 is 5.92 Å². The Bertz CT molecular complexity index is 419. The number of hydrogen-bond donors (Lipinski definition) is 3. The van der Waals surface area contributed by atoms with Crippen molar-refractivity contribution in [3.05, 3.63) is 20.8 Å². The van der Waals surface area contributed by atoms with Gasteiger partial charge in [-0.15, -0.1) is 11.3 Å². The summed E-state index contributed by atoms with van der Waals surface area (Å²) in [5, 5.41) is 14.0. The van der Waals surface area contributed by atoms with Gasteiger partial charge in [-0.3, -0.25) is 4.79 Å². The van der Waals surface area contributed by atoms with Gasteiger partial charge in [-0.05, 0) is 41.4 Å². The second kappa shape index (κ2) is 6.61. The van der Waals surface area contributed by atoms with Crippen LogP contribution in [-0.4, -0.2) is 23.5 Å². The van der Waals surface area contributed by atoms with Crippen molar-refractivity contribution in [2.75, 3.05) is 6.54 Å². The minimum atomic E-state index is -0.616. The Kier molecular flexibility index (Phi) is 5.43. The molecule has 0 fully saturated rings. The molecule has 1 heterocycles. The van der Waals surface area contributed by atoms with Gasteiger partial charge in [0.25, 0.3) is 0 Å². The van der Waals surface area contributed by atoms with E-state index in [4.69, 9.17) is 10.9 Å². The first-order valence-electron chi connectivity index (χ1n) is 5.04. The fourth-order valence-electron chi connectivity index (χ4n) is 1.17. The molecule has 7 heteroatoms. The zero-order chi connectivity index (χ0) is 12.8. The van der Waals surface area contributed by atoms with Crippen molar-refractivity contribution in [1.29, 1.82) is 0 Å². The Morgan fingerprint density at radius 2 is 2.41 bits per heavy atom. The van der Waals surface area contributed by atoms with Crippen molar-refractivity contribution >= 4 is 39.0 Å². The first kappa shape index (κ1) is 14.0. The topological polar surface area (TPSA) is 87.7 Å². The molecule has 5 nitrogen and oxygen atoms in total. The Hall–Kier alpha value is -1.08. The van der Waals surface area contributed by atoms with Crippen LogP contribution >= 0.6 is 27.3 Å². The van der Waals surface area contributed by atoms with Crippen LogP contribution in [0.4, 0.5) is 0 Å². The van der Waals surface area contributed by atoms with Crippen LogP contribution < -0.4 is 11.1 Å². The molecule has 0 aliphatic heterocycles. The molecular weight excluding hydrogens is 306 g/mol. The number of oxime groups is 1. The molecule has 0 saturated carbocycles. The Morgan fingerprint density at radius 3 is 2.94 bits per heavy atom. The molecule has 1 atom stereocenters. The molecule has 1 aromatic rings. The smallest absolute Gasteiger partial charge is 0.230 e. The molecule has 0 saturated heterocycles. The maximum absolute atomic E-state index is 11.5. The van der Waals surface area contributed by atoms with Crippen molar-refractivity contribution in [3.8, 4) is 0 Å². The van der Waals surface area contributed by atoms with Gasteiger partial charge in [0.1, 0.15) is 0 Å². The average molecular weight is 320 g/mol. The fraction of sp³-hybridized carbons (Fsp3) is 0.400. The molecule has 1 rings (SSSR count). The maximum atomic E-state index is 11.5. The number of rotatable bonds is 5. The number of thiophene rings is 1. The van der Waals surface area contributed by atoms with E-state index in [0.29, 0.717) is 6.54 Å². The minimum absolute atomic E-state index is 0.0821. The molecule has 1 aromatic heterocycles. The van der Waals surface area contributed by atoms with Crippen LogP contribution in [0.2, 0.25) is 0 Å². The van der Waals surface area contributed by atoms with Crippen molar-refractivity contribution in [3.63, 3.8) is 0 Å². The number of nitrogens with one attached hydrogen (secondary N) is 1. The number of amidine groups is 1. The SMILES string of the molecule is CC(C(=O)NCCc1ccc(Br)s1)/C(N)=N/O. The van der Waals surface area contributed by atoms with E-state index in [1.54, 1.807) is 18.3 Å². The Morgan fingerprint density at radius 1 is 1.71 bits per heavy atom. The summed E-state index contributed by atoms with van der Waals surface area (Å²) in [5.41, 5.74) is 5.34. The summed E-state index contributed by atoms with van der Waals surface area (Å²) in [6, 6.07) is 3.98. The molecule has 94 valence electrons. The summed E-state index contributed by atoms with van der Waals surface area (Å²) >= 11 is 5.01. The highest BCUT2D eigenvalue weighted by Gasteiger charge is 2.16. The lowest BCUT2D eigenvalue weighted by Gasteiger charge is -2.09. The Labute approximate surface area is 112 Å². The molecule has 0 aliphatic rings. The number of nitrogens with two attached hydrogens (primary N) is 1. The first-order valence-corrected chi connectivity index (χ1v) is 6.65. The van der Waals surface area contributed by atoms with Crippen LogP contribution in [0.3, 0.4) is 0 Å². The van der Waals surface area contributed by atoms with Gasteiger partial charge in [0.05, 0.1) is 9.70 Å². The molecule has 0 aromatic carbocycles. The maximum Gasteiger partial charge on any atom is 0.230 e. The number of nitrogens with zero attached hydrogens (tertiary/aromatic N) is 1. The van der Waals surface area contributed by atoms with E-state index in [1.807, 2.05) is 12.1 Å². The summed E-state index contributed by atoms with van der Waals surface area (Å²) in [7, 11) is 0. The van der Waals surface area contributed by atoms with Crippen LogP contribution in [-0.2, 0) is 11.2 Å². The summed E-state index contributed by atoms with van der Waals surface area (Å²) in [4.78, 5) is 12.7. The van der Waals surface area contributed by atoms with E-state index in [2.05, 4.69) is 26.4 Å². The second-order valence-electron chi connectivity index (χ2n) is 3.49. The van der Waals surface area contributed by atoms with E-state index >= 15 is 0 Å². The highest BCUT2D eigenvalue weighted by atomic mass is 79.9. The van der Waals surface area contributed by atoms with E-state index in [1.165, 1.54) is 4.88 Å². The monoisotopic (exact) mass is 319 g/mol. The summed E-state index contributed by atoms with van der Waals surface area (Å²) < 4.78 is 1.07. The van der Waals surface area contributed by atoms with Gasteiger partial charge in [-0.25, -0.2) is 0 Å². The number of carbonyl (C=O) groups is 1. The third-order valence-electron chi connectivity index (χ3n) is 2.25. The standard InChI is InChI=1S/C10H14BrN3O2S/c1-6(9(12)14-16)10(15)13-5-4-7-2-3-8(11)17-7/h2-3,6,16H,4-5H2,1H3,(H2,12,14)(H,13,15). The lowest BCUT2D eigenvalue weighted by Crippen LogP contribution is -2.37. The van der Waals surface area contributed by atoms with E-state index in [-0.39, 0.29) is 11.7 Å². The zero-order valence-electron chi connectivity index (χ0n) is 9.31. The molecule has 4 N–H and O–H groups in total. The summed E-state index contributed by atoms with van der Waals surface area (Å²) in [6.45, 7) is 2.13. The molecule has 0 aliphatic carbocycles. The van der Waals surface area contributed by atoms with Crippen molar-refractivity contribution in [2.45, 2.75) is 13.3 Å². The van der Waals surface area contributed by atoms with Gasteiger partial charge in [-0.2, -0.15) is 0 Å². The van der Waals surface area contributed by atoms with Gasteiger partial charge >= 0.3 is 0 Å². The van der Waals surface area contributed by atoms with Gasteiger partial charge < -0.3 is 16.3 Å². The normalized spacial score (nSPS) is 13.4. The highest BCUT2D eigenvalue weighted by Crippen LogP contribution is 2.22. The summed E-state index contributed by atoms with van der Waals surface area (Å²) in [6.07, 6.45) is 0.769. The first-order chi connectivity index (χ1) is 8.04. The number of halogens is 1. The van der Waals surface area contributed by atoms with Crippen molar-refractivity contribution in [1.82, 2.24) is 5.32 Å². The lowest BCUT2D eigenvalue weighted by atomic mass is 10.1. The van der Waals surface area contributed by atoms with Crippen LogP contribution in [0.1, 0.15) is 11.8 Å². The highest BCUT2D eigenvalue weighted by molar-refractivity contribution is 9.11. The third kappa shape index (κ3) is 4.35. The van der Waals surface area contributed by atoms with Crippen molar-refractivity contribution < 1.29 is 10.0 Å². The predicted octanol–water partition coefficient (Wildman–Crippen LogP) is 1.55.